The van der Waals surface area contributed by atoms with Crippen LogP contribution in [0.2, 0.25) is 0 Å². The molecule has 1 aliphatic rings. The van der Waals surface area contributed by atoms with Gasteiger partial charge >= 0.3 is 11.1 Å². The number of fused-ring (bicyclic) bond motifs is 1. The van der Waals surface area contributed by atoms with Gasteiger partial charge in [0.05, 0.1) is 29.2 Å². The van der Waals surface area contributed by atoms with Crippen LogP contribution in [0.3, 0.4) is 0 Å². The van der Waals surface area contributed by atoms with Crippen LogP contribution in [-0.4, -0.2) is 58.7 Å². The molecule has 142 valence electrons. The maximum Gasteiger partial charge on any atom is 0.314 e. The second kappa shape index (κ2) is 8.54. The fourth-order valence-electron chi connectivity index (χ4n) is 3.11. The Hall–Kier alpha value is -2.08. The van der Waals surface area contributed by atoms with E-state index in [1.165, 1.54) is 12.1 Å². The molecule has 4 N–H and O–H groups in total. The predicted molar refractivity (Wildman–Crippen MR) is 101 cm³/mol. The Balaban J connectivity index is 0.00000243. The summed E-state index contributed by atoms with van der Waals surface area (Å²) in [6.07, 6.45) is 0.413. The number of H-pyrrole nitrogens is 2. The highest BCUT2D eigenvalue weighted by atomic mass is 79.9. The van der Waals surface area contributed by atoms with Crippen molar-refractivity contribution in [1.29, 1.82) is 0 Å². The first-order valence-corrected chi connectivity index (χ1v) is 7.95. The van der Waals surface area contributed by atoms with Crippen LogP contribution in [0.4, 0.5) is 5.69 Å². The molecular formula is C15H20BrN5O5. The van der Waals surface area contributed by atoms with Gasteiger partial charge in [-0.1, -0.05) is 0 Å². The topological polar surface area (TPSA) is 147 Å². The molecule has 3 rings (SSSR count). The monoisotopic (exact) mass is 429 g/mol. The van der Waals surface area contributed by atoms with Gasteiger partial charge in [-0.15, -0.1) is 17.0 Å². The molecule has 1 atom stereocenters. The highest BCUT2D eigenvalue weighted by molar-refractivity contribution is 8.93. The predicted octanol–water partition coefficient (Wildman–Crippen LogP) is -0.0955. The van der Waals surface area contributed by atoms with Gasteiger partial charge in [-0.25, -0.2) is 0 Å². The number of hydrogen-bond donors (Lipinski definition) is 3. The van der Waals surface area contributed by atoms with Gasteiger partial charge in [-0.2, -0.15) is 0 Å². The van der Waals surface area contributed by atoms with E-state index in [1.807, 2.05) is 0 Å². The van der Waals surface area contributed by atoms with E-state index >= 15 is 0 Å². The molecule has 26 heavy (non-hydrogen) atoms. The maximum absolute atomic E-state index is 11.7. The van der Waals surface area contributed by atoms with Gasteiger partial charge in [-0.3, -0.25) is 24.6 Å². The van der Waals surface area contributed by atoms with Crippen LogP contribution in [0.1, 0.15) is 5.56 Å². The van der Waals surface area contributed by atoms with Crippen LogP contribution in [0.5, 0.6) is 0 Å². The maximum atomic E-state index is 11.7. The number of nitro benzene ring substituents is 1. The lowest BCUT2D eigenvalue weighted by Crippen LogP contribution is -2.48. The summed E-state index contributed by atoms with van der Waals surface area (Å²) >= 11 is 0. The molecule has 1 aromatic heterocycles. The zero-order chi connectivity index (χ0) is 18.0. The number of aromatic nitrogens is 2. The Bertz CT molecular complexity index is 905. The molecule has 1 aliphatic heterocycles. The number of rotatable bonds is 5. The summed E-state index contributed by atoms with van der Waals surface area (Å²) in [6.45, 7) is 3.02. The van der Waals surface area contributed by atoms with Crippen molar-refractivity contribution in [3.8, 4) is 0 Å². The van der Waals surface area contributed by atoms with Crippen molar-refractivity contribution in [2.24, 2.45) is 5.73 Å². The molecule has 0 saturated carbocycles. The number of nitrogens with zero attached hydrogens (tertiary/aromatic N) is 2. The zero-order valence-corrected chi connectivity index (χ0v) is 15.6. The number of aromatic amines is 2. The van der Waals surface area contributed by atoms with Crippen LogP contribution in [0.15, 0.2) is 21.7 Å². The Kier molecular flexibility index (Phi) is 6.64. The number of morpholine rings is 1. The number of nitrogens with one attached hydrogen (secondary N) is 2. The standard InChI is InChI=1S/C15H19N5O5.BrH/c16-8-11(19-1-3-25-4-2-19)6-9-5-10(20(23)24)7-12-13(9)18-15(22)14(21)17-12;/h5,7,11H,1-4,6,8,16H2,(H,17,21)(H,18,22);1H. The van der Waals surface area contributed by atoms with E-state index in [-0.39, 0.29) is 34.2 Å². The van der Waals surface area contributed by atoms with Gasteiger partial charge < -0.3 is 20.4 Å². The average molecular weight is 430 g/mol. The molecule has 10 nitrogen and oxygen atoms in total. The minimum absolute atomic E-state index is 0. The SMILES string of the molecule is Br.NCC(Cc1cc([N+](=O)[O-])cc2[nH]c(=O)c(=O)[nH]c12)N1CCOCC1. The van der Waals surface area contributed by atoms with Crippen LogP contribution in [0, 0.1) is 10.1 Å². The van der Waals surface area contributed by atoms with Crippen LogP contribution >= 0.6 is 17.0 Å². The van der Waals surface area contributed by atoms with Gasteiger partial charge in [0, 0.05) is 37.8 Å². The van der Waals surface area contributed by atoms with Gasteiger partial charge in [0.15, 0.2) is 0 Å². The second-order valence-electron chi connectivity index (χ2n) is 5.93. The lowest BCUT2D eigenvalue weighted by atomic mass is 10.0. The summed E-state index contributed by atoms with van der Waals surface area (Å²) in [5, 5.41) is 11.2. The molecule has 2 heterocycles. The number of hydrogen-bond acceptors (Lipinski definition) is 7. The smallest absolute Gasteiger partial charge is 0.314 e. The number of halogens is 1. The summed E-state index contributed by atoms with van der Waals surface area (Å²) in [6, 6.07) is 2.60. The summed E-state index contributed by atoms with van der Waals surface area (Å²) in [5.74, 6) is 0. The van der Waals surface area contributed by atoms with Gasteiger partial charge in [0.1, 0.15) is 0 Å². The van der Waals surface area contributed by atoms with E-state index in [0.717, 1.165) is 13.1 Å². The third-order valence-corrected chi connectivity index (χ3v) is 4.40. The molecule has 0 amide bonds. The minimum Gasteiger partial charge on any atom is -0.379 e. The van der Waals surface area contributed by atoms with Crippen molar-refractivity contribution < 1.29 is 9.66 Å². The molecule has 0 radical (unpaired) electrons. The Morgan fingerprint density at radius 1 is 1.23 bits per heavy atom. The van der Waals surface area contributed by atoms with Crippen molar-refractivity contribution in [3.05, 3.63) is 48.5 Å². The number of nitrogens with two attached hydrogens (primary N) is 1. The molecule has 0 bridgehead atoms. The lowest BCUT2D eigenvalue weighted by Gasteiger charge is -2.34. The van der Waals surface area contributed by atoms with E-state index in [1.54, 1.807) is 0 Å². The molecule has 1 aromatic carbocycles. The number of ether oxygens (including phenoxy) is 1. The van der Waals surface area contributed by atoms with E-state index in [4.69, 9.17) is 10.5 Å². The summed E-state index contributed by atoms with van der Waals surface area (Å²) in [7, 11) is 0. The number of nitro groups is 1. The molecule has 1 unspecified atom stereocenters. The van der Waals surface area contributed by atoms with Crippen LogP contribution < -0.4 is 16.9 Å². The molecule has 2 aromatic rings. The minimum atomic E-state index is -0.845. The molecule has 11 heteroatoms. The Morgan fingerprint density at radius 3 is 2.50 bits per heavy atom. The average Bonchev–Trinajstić information content (AvgIpc) is 2.61. The van der Waals surface area contributed by atoms with Gasteiger partial charge in [0.2, 0.25) is 0 Å². The molecule has 0 spiro atoms. The van der Waals surface area contributed by atoms with Crippen molar-refractivity contribution in [3.63, 3.8) is 0 Å². The quantitative estimate of drug-likeness (QED) is 0.341. The van der Waals surface area contributed by atoms with Crippen LogP contribution in [-0.2, 0) is 11.2 Å². The van der Waals surface area contributed by atoms with Gasteiger partial charge in [0.25, 0.3) is 5.69 Å². The zero-order valence-electron chi connectivity index (χ0n) is 13.9. The highest BCUT2D eigenvalue weighted by Gasteiger charge is 2.23. The van der Waals surface area contributed by atoms with E-state index in [9.17, 15) is 19.7 Å². The van der Waals surface area contributed by atoms with Crippen LogP contribution in [0.25, 0.3) is 11.0 Å². The third kappa shape index (κ3) is 4.18. The summed E-state index contributed by atoms with van der Waals surface area (Å²) < 4.78 is 5.34. The summed E-state index contributed by atoms with van der Waals surface area (Å²) in [4.78, 5) is 41.0. The Morgan fingerprint density at radius 2 is 1.88 bits per heavy atom. The normalized spacial score (nSPS) is 16.2. The van der Waals surface area contributed by atoms with Crippen molar-refractivity contribution in [1.82, 2.24) is 14.9 Å². The fourth-order valence-corrected chi connectivity index (χ4v) is 3.11. The third-order valence-electron chi connectivity index (χ3n) is 4.40. The first-order chi connectivity index (χ1) is 12.0. The van der Waals surface area contributed by atoms with Crippen molar-refractivity contribution >= 4 is 33.7 Å². The van der Waals surface area contributed by atoms with E-state index in [2.05, 4.69) is 14.9 Å². The largest absolute Gasteiger partial charge is 0.379 e. The molecule has 0 aliphatic carbocycles. The highest BCUT2D eigenvalue weighted by Crippen LogP contribution is 2.23. The molecular weight excluding hydrogens is 410 g/mol. The first kappa shape index (κ1) is 20.2. The summed E-state index contributed by atoms with van der Waals surface area (Å²) in [5.41, 5.74) is 5.30. The van der Waals surface area contributed by atoms with Gasteiger partial charge in [-0.05, 0) is 12.0 Å². The second-order valence-corrected chi connectivity index (χ2v) is 5.93. The van der Waals surface area contributed by atoms with Crippen molar-refractivity contribution in [2.45, 2.75) is 12.5 Å². The van der Waals surface area contributed by atoms with E-state index < -0.39 is 16.0 Å². The number of non-ortho nitro benzene ring substituents is 1. The fraction of sp³-hybridized carbons (Fsp3) is 0.467. The Labute approximate surface area is 158 Å². The number of benzene rings is 1. The molecule has 1 fully saturated rings. The van der Waals surface area contributed by atoms with E-state index in [0.29, 0.717) is 37.3 Å². The van der Waals surface area contributed by atoms with Crippen molar-refractivity contribution in [2.75, 3.05) is 32.8 Å². The lowest BCUT2D eigenvalue weighted by molar-refractivity contribution is -0.384. The molecule has 1 saturated heterocycles. The first-order valence-electron chi connectivity index (χ1n) is 7.95.